The Balaban J connectivity index is 0.000000143. The molecule has 0 unspecified atom stereocenters. The fourth-order valence-electron chi connectivity index (χ4n) is 6.50. The van der Waals surface area contributed by atoms with Gasteiger partial charge in [-0.3, -0.25) is 0 Å². The lowest BCUT2D eigenvalue weighted by molar-refractivity contribution is -0.116. The Morgan fingerprint density at radius 1 is 0.917 bits per heavy atom. The van der Waals surface area contributed by atoms with E-state index in [1.54, 1.807) is 0 Å². The van der Waals surface area contributed by atoms with Crippen molar-refractivity contribution in [2.75, 3.05) is 13.2 Å². The smallest absolute Gasteiger partial charge is 0.0462 e. The second-order valence-corrected chi connectivity index (χ2v) is 9.99. The van der Waals surface area contributed by atoms with E-state index in [1.807, 2.05) is 0 Å². The summed E-state index contributed by atoms with van der Waals surface area (Å²) in [6.45, 7) is 10.6. The molecule has 4 nitrogen and oxygen atoms in total. The number of azide groups is 1. The molecule has 0 aromatic carbocycles. The standard InChI is InChI=1S/C10H17N3.C10H18O/c1-10(2)8-4-3-7(6-12-13-11)9(10)5-8;1-10(2)8-4-3-7(6-11)9(10)5-8/h7-9H,3-6H2,1-2H3;7-9,11H,3-6H2,1-2H3/t2*7-,8-,9-/m00/s1. The maximum atomic E-state index is 9.12. The molecule has 0 spiro atoms. The van der Waals surface area contributed by atoms with Gasteiger partial charge in [0.1, 0.15) is 0 Å². The van der Waals surface area contributed by atoms with Crippen LogP contribution >= 0.6 is 0 Å². The largest absolute Gasteiger partial charge is 0.396 e. The van der Waals surface area contributed by atoms with E-state index in [2.05, 4.69) is 37.7 Å². The van der Waals surface area contributed by atoms with E-state index in [0.29, 0.717) is 29.3 Å². The Morgan fingerprint density at radius 2 is 1.42 bits per heavy atom. The summed E-state index contributed by atoms with van der Waals surface area (Å²) in [6, 6.07) is 0. The average molecular weight is 334 g/mol. The van der Waals surface area contributed by atoms with Crippen molar-refractivity contribution in [2.24, 2.45) is 51.5 Å². The molecule has 0 aromatic heterocycles. The fraction of sp³-hybridized carbons (Fsp3) is 1.00. The number of fused-ring (bicyclic) bond motifs is 4. The second kappa shape index (κ2) is 6.53. The number of hydrogen-bond donors (Lipinski definition) is 1. The maximum absolute atomic E-state index is 9.12. The van der Waals surface area contributed by atoms with Crippen LogP contribution in [0.4, 0.5) is 0 Å². The molecule has 6 rings (SSSR count). The molecule has 6 aliphatic rings. The number of rotatable bonds is 3. The zero-order valence-corrected chi connectivity index (χ0v) is 15.9. The highest BCUT2D eigenvalue weighted by Crippen LogP contribution is 2.62. The van der Waals surface area contributed by atoms with Gasteiger partial charge in [0.15, 0.2) is 0 Å². The van der Waals surface area contributed by atoms with E-state index in [9.17, 15) is 0 Å². The van der Waals surface area contributed by atoms with Gasteiger partial charge in [-0.2, -0.15) is 0 Å². The van der Waals surface area contributed by atoms with Crippen LogP contribution in [0, 0.1) is 46.3 Å². The molecule has 0 amide bonds. The first kappa shape index (κ1) is 18.1. The summed E-state index contributed by atoms with van der Waals surface area (Å²) in [7, 11) is 0. The molecule has 0 aliphatic heterocycles. The zero-order valence-electron chi connectivity index (χ0n) is 15.9. The molecule has 4 heteroatoms. The first-order chi connectivity index (χ1) is 11.3. The molecule has 4 bridgehead atoms. The lowest BCUT2D eigenvalue weighted by Crippen LogP contribution is -2.53. The minimum absolute atomic E-state index is 0.417. The van der Waals surface area contributed by atoms with Crippen LogP contribution < -0.4 is 0 Å². The molecule has 0 radical (unpaired) electrons. The molecular weight excluding hydrogens is 298 g/mol. The Morgan fingerprint density at radius 3 is 1.79 bits per heavy atom. The number of hydrogen-bond acceptors (Lipinski definition) is 2. The predicted molar refractivity (Wildman–Crippen MR) is 97.3 cm³/mol. The van der Waals surface area contributed by atoms with E-state index in [0.717, 1.165) is 30.2 Å². The minimum atomic E-state index is 0.417. The van der Waals surface area contributed by atoms with Crippen molar-refractivity contribution >= 4 is 0 Å². The number of nitrogens with zero attached hydrogens (tertiary/aromatic N) is 3. The van der Waals surface area contributed by atoms with Gasteiger partial charge in [0, 0.05) is 18.1 Å². The average Bonchev–Trinajstić information content (AvgIpc) is 2.60. The predicted octanol–water partition coefficient (Wildman–Crippen LogP) is 5.42. The summed E-state index contributed by atoms with van der Waals surface area (Å²) in [5.74, 6) is 4.84. The third-order valence-corrected chi connectivity index (χ3v) is 8.62. The summed E-state index contributed by atoms with van der Waals surface area (Å²) in [4.78, 5) is 2.85. The molecule has 0 heterocycles. The molecule has 6 aliphatic carbocycles. The van der Waals surface area contributed by atoms with Crippen molar-refractivity contribution in [1.29, 1.82) is 0 Å². The lowest BCUT2D eigenvalue weighted by atomic mass is 9.45. The van der Waals surface area contributed by atoms with Crippen molar-refractivity contribution in [3.63, 3.8) is 0 Å². The van der Waals surface area contributed by atoms with Crippen molar-refractivity contribution in [3.05, 3.63) is 10.4 Å². The van der Waals surface area contributed by atoms with E-state index in [4.69, 9.17) is 10.6 Å². The summed E-state index contributed by atoms with van der Waals surface area (Å²) in [5, 5.41) is 12.8. The zero-order chi connectivity index (χ0) is 17.5. The van der Waals surface area contributed by atoms with Gasteiger partial charge in [-0.25, -0.2) is 0 Å². The Bertz CT molecular complexity index is 505. The van der Waals surface area contributed by atoms with Gasteiger partial charge >= 0.3 is 0 Å². The van der Waals surface area contributed by atoms with Crippen LogP contribution in [-0.4, -0.2) is 18.3 Å². The Labute approximate surface area is 147 Å². The van der Waals surface area contributed by atoms with E-state index in [1.165, 1.54) is 38.5 Å². The van der Waals surface area contributed by atoms with Gasteiger partial charge in [-0.15, -0.1) is 0 Å². The maximum Gasteiger partial charge on any atom is 0.0462 e. The summed E-state index contributed by atoms with van der Waals surface area (Å²) < 4.78 is 0. The number of aliphatic hydroxyl groups is 1. The van der Waals surface area contributed by atoms with Crippen molar-refractivity contribution in [3.8, 4) is 0 Å². The molecule has 0 saturated heterocycles. The third kappa shape index (κ3) is 2.86. The van der Waals surface area contributed by atoms with Gasteiger partial charge in [-0.1, -0.05) is 32.8 Å². The molecule has 1 N–H and O–H groups in total. The van der Waals surface area contributed by atoms with Gasteiger partial charge in [0.25, 0.3) is 0 Å². The van der Waals surface area contributed by atoms with Gasteiger partial charge in [0.2, 0.25) is 0 Å². The van der Waals surface area contributed by atoms with Gasteiger partial charge < -0.3 is 5.11 Å². The molecule has 6 atom stereocenters. The van der Waals surface area contributed by atoms with E-state index in [-0.39, 0.29) is 0 Å². The topological polar surface area (TPSA) is 69.0 Å². The summed E-state index contributed by atoms with van der Waals surface area (Å²) in [5.41, 5.74) is 9.35. The molecule has 6 saturated carbocycles. The number of aliphatic hydroxyl groups excluding tert-OH is 1. The highest BCUT2D eigenvalue weighted by atomic mass is 16.3. The van der Waals surface area contributed by atoms with Crippen LogP contribution in [-0.2, 0) is 0 Å². The normalized spacial score (nSPS) is 43.2. The van der Waals surface area contributed by atoms with Crippen LogP contribution in [0.15, 0.2) is 5.11 Å². The van der Waals surface area contributed by atoms with Gasteiger partial charge in [-0.05, 0) is 90.4 Å². The molecular formula is C20H35N3O. The van der Waals surface area contributed by atoms with Crippen molar-refractivity contribution < 1.29 is 5.11 Å². The monoisotopic (exact) mass is 333 g/mol. The molecule has 136 valence electrons. The summed E-state index contributed by atoms with van der Waals surface area (Å²) in [6.07, 6.45) is 8.01. The minimum Gasteiger partial charge on any atom is -0.396 e. The first-order valence-corrected chi connectivity index (χ1v) is 9.94. The van der Waals surface area contributed by atoms with E-state index < -0.39 is 0 Å². The van der Waals surface area contributed by atoms with Crippen LogP contribution in [0.5, 0.6) is 0 Å². The Kier molecular flexibility index (Phi) is 4.92. The molecule has 24 heavy (non-hydrogen) atoms. The quantitative estimate of drug-likeness (QED) is 0.418. The van der Waals surface area contributed by atoms with Crippen LogP contribution in [0.1, 0.15) is 66.2 Å². The van der Waals surface area contributed by atoms with E-state index >= 15 is 0 Å². The van der Waals surface area contributed by atoms with Crippen molar-refractivity contribution in [1.82, 2.24) is 0 Å². The Hall–Kier alpha value is -0.730. The van der Waals surface area contributed by atoms with Gasteiger partial charge in [0.05, 0.1) is 0 Å². The SMILES string of the molecule is CC1(C)[C@H]2CC[C@@H](CN=[N+]=[N-])[C@@H]1C2.CC1(C)[C@H]2CC[C@@H](CO)[C@@H]1C2. The lowest BCUT2D eigenvalue weighted by Gasteiger charge is -2.60. The highest BCUT2D eigenvalue weighted by molar-refractivity contribution is 5.04. The van der Waals surface area contributed by atoms with Crippen molar-refractivity contribution in [2.45, 2.75) is 66.2 Å². The molecule has 0 aromatic rings. The summed E-state index contributed by atoms with van der Waals surface area (Å²) >= 11 is 0. The van der Waals surface area contributed by atoms with Crippen LogP contribution in [0.25, 0.3) is 10.4 Å². The first-order valence-electron chi connectivity index (χ1n) is 9.94. The van der Waals surface area contributed by atoms with Crippen LogP contribution in [0.3, 0.4) is 0 Å². The fourth-order valence-corrected chi connectivity index (χ4v) is 6.50. The third-order valence-electron chi connectivity index (χ3n) is 8.62. The van der Waals surface area contributed by atoms with Crippen LogP contribution in [0.2, 0.25) is 0 Å². The highest BCUT2D eigenvalue weighted by Gasteiger charge is 2.54. The second-order valence-electron chi connectivity index (χ2n) is 9.99. The molecule has 6 fully saturated rings.